The number of nitrogens with zero attached hydrogens (tertiary/aromatic N) is 1. The predicted octanol–water partition coefficient (Wildman–Crippen LogP) is 1.14. The van der Waals surface area contributed by atoms with E-state index in [-0.39, 0.29) is 12.0 Å². The predicted molar refractivity (Wildman–Crippen MR) is 68.8 cm³/mol. The van der Waals surface area contributed by atoms with Gasteiger partial charge >= 0.3 is 0 Å². The van der Waals surface area contributed by atoms with E-state index in [9.17, 15) is 9.90 Å². The number of amides is 1. The van der Waals surface area contributed by atoms with E-state index < -0.39 is 0 Å². The van der Waals surface area contributed by atoms with Crippen molar-refractivity contribution >= 4 is 5.91 Å². The van der Waals surface area contributed by atoms with Gasteiger partial charge < -0.3 is 15.3 Å². The van der Waals surface area contributed by atoms with Crippen LogP contribution in [0.15, 0.2) is 0 Å². The van der Waals surface area contributed by atoms with Crippen molar-refractivity contribution in [2.24, 2.45) is 0 Å². The third-order valence-electron chi connectivity index (χ3n) is 3.27. The average molecular weight is 242 g/mol. The second-order valence-electron chi connectivity index (χ2n) is 5.26. The van der Waals surface area contributed by atoms with E-state index in [2.05, 4.69) is 5.32 Å². The molecule has 0 heterocycles. The summed E-state index contributed by atoms with van der Waals surface area (Å²) in [4.78, 5) is 13.7. The Balaban J connectivity index is 2.11. The molecule has 0 spiro atoms. The third kappa shape index (κ3) is 6.64. The largest absolute Gasteiger partial charge is 0.392 e. The Morgan fingerprint density at radius 1 is 1.41 bits per heavy atom. The molecule has 1 unspecified atom stereocenters. The molecule has 100 valence electrons. The summed E-state index contributed by atoms with van der Waals surface area (Å²) < 4.78 is 0. The number of carbonyl (C=O) groups is 1. The van der Waals surface area contributed by atoms with Gasteiger partial charge in [0.25, 0.3) is 0 Å². The van der Waals surface area contributed by atoms with Gasteiger partial charge in [-0.2, -0.15) is 0 Å². The molecule has 1 saturated carbocycles. The third-order valence-corrected chi connectivity index (χ3v) is 3.27. The van der Waals surface area contributed by atoms with Crippen molar-refractivity contribution in [2.75, 3.05) is 20.1 Å². The molecule has 0 aliphatic heterocycles. The van der Waals surface area contributed by atoms with Gasteiger partial charge in [-0.05, 0) is 26.8 Å². The van der Waals surface area contributed by atoms with Crippen LogP contribution < -0.4 is 5.32 Å². The lowest BCUT2D eigenvalue weighted by Crippen LogP contribution is -2.38. The average Bonchev–Trinajstić information content (AvgIpc) is 2.27. The number of rotatable bonds is 6. The minimum Gasteiger partial charge on any atom is -0.392 e. The molecule has 0 bridgehead atoms. The van der Waals surface area contributed by atoms with E-state index in [1.54, 1.807) is 6.92 Å². The van der Waals surface area contributed by atoms with Gasteiger partial charge in [0.1, 0.15) is 0 Å². The Morgan fingerprint density at radius 3 is 2.65 bits per heavy atom. The summed E-state index contributed by atoms with van der Waals surface area (Å²) >= 11 is 0. The summed E-state index contributed by atoms with van der Waals surface area (Å²) in [6.45, 7) is 3.10. The summed E-state index contributed by atoms with van der Waals surface area (Å²) in [5.41, 5.74) is 0. The second kappa shape index (κ2) is 7.67. The van der Waals surface area contributed by atoms with E-state index in [1.165, 1.54) is 19.3 Å². The first-order valence-corrected chi connectivity index (χ1v) is 6.74. The Morgan fingerprint density at radius 2 is 2.06 bits per heavy atom. The van der Waals surface area contributed by atoms with E-state index in [4.69, 9.17) is 0 Å². The number of nitrogens with one attached hydrogen (secondary N) is 1. The van der Waals surface area contributed by atoms with Crippen molar-refractivity contribution in [3.8, 4) is 0 Å². The molecule has 0 saturated heterocycles. The maximum Gasteiger partial charge on any atom is 0.221 e. The quantitative estimate of drug-likeness (QED) is 0.734. The van der Waals surface area contributed by atoms with E-state index >= 15 is 0 Å². The highest BCUT2D eigenvalue weighted by molar-refractivity contribution is 5.76. The van der Waals surface area contributed by atoms with E-state index in [0.29, 0.717) is 25.6 Å². The van der Waals surface area contributed by atoms with Gasteiger partial charge in [-0.25, -0.2) is 0 Å². The Kier molecular flexibility index (Phi) is 6.52. The van der Waals surface area contributed by atoms with Crippen LogP contribution in [0.25, 0.3) is 0 Å². The molecule has 4 heteroatoms. The molecule has 1 rings (SSSR count). The fourth-order valence-corrected chi connectivity index (χ4v) is 2.38. The van der Waals surface area contributed by atoms with Crippen LogP contribution in [0.3, 0.4) is 0 Å². The number of hydrogen-bond donors (Lipinski definition) is 2. The van der Waals surface area contributed by atoms with Crippen molar-refractivity contribution in [3.05, 3.63) is 0 Å². The number of aliphatic hydroxyl groups is 1. The summed E-state index contributed by atoms with van der Waals surface area (Å²) in [5.74, 6) is 0.148. The lowest BCUT2D eigenvalue weighted by molar-refractivity contribution is -0.122. The van der Waals surface area contributed by atoms with Gasteiger partial charge in [0.05, 0.1) is 6.10 Å². The molecule has 0 radical (unpaired) electrons. The van der Waals surface area contributed by atoms with Crippen molar-refractivity contribution in [3.63, 3.8) is 0 Å². The Labute approximate surface area is 104 Å². The standard InChI is InChI=1S/C13H26N2O2/c1-11(16)10-15(2)9-8-13(17)14-12-6-4-3-5-7-12/h11-12,16H,3-10H2,1-2H3,(H,14,17). The van der Waals surface area contributed by atoms with Gasteiger partial charge in [-0.3, -0.25) is 4.79 Å². The van der Waals surface area contributed by atoms with E-state index in [0.717, 1.165) is 12.8 Å². The smallest absolute Gasteiger partial charge is 0.221 e. The SMILES string of the molecule is CC(O)CN(C)CCC(=O)NC1CCCCC1. The summed E-state index contributed by atoms with van der Waals surface area (Å²) in [6.07, 6.45) is 6.26. The summed E-state index contributed by atoms with van der Waals surface area (Å²) in [5, 5.41) is 12.3. The van der Waals surface area contributed by atoms with Crippen LogP contribution in [-0.4, -0.2) is 48.2 Å². The molecule has 0 aromatic heterocycles. The van der Waals surface area contributed by atoms with Gasteiger partial charge in [-0.15, -0.1) is 0 Å². The molecule has 4 nitrogen and oxygen atoms in total. The molecule has 0 aromatic carbocycles. The normalized spacial score (nSPS) is 19.3. The zero-order chi connectivity index (χ0) is 12.7. The molecule has 2 N–H and O–H groups in total. The lowest BCUT2D eigenvalue weighted by Gasteiger charge is -2.23. The first kappa shape index (κ1) is 14.5. The van der Waals surface area contributed by atoms with Gasteiger partial charge in [0, 0.05) is 25.6 Å². The van der Waals surface area contributed by atoms with Gasteiger partial charge in [-0.1, -0.05) is 19.3 Å². The van der Waals surface area contributed by atoms with Crippen LogP contribution in [0.4, 0.5) is 0 Å². The molecule has 17 heavy (non-hydrogen) atoms. The van der Waals surface area contributed by atoms with Crippen molar-refractivity contribution < 1.29 is 9.90 Å². The molecule has 1 aliphatic carbocycles. The number of hydrogen-bond acceptors (Lipinski definition) is 3. The minimum absolute atomic E-state index is 0.148. The van der Waals surface area contributed by atoms with Gasteiger partial charge in [0.2, 0.25) is 5.91 Å². The lowest BCUT2D eigenvalue weighted by atomic mass is 9.95. The maximum absolute atomic E-state index is 11.7. The van der Waals surface area contributed by atoms with Crippen LogP contribution in [0.1, 0.15) is 45.4 Å². The highest BCUT2D eigenvalue weighted by atomic mass is 16.3. The fourth-order valence-electron chi connectivity index (χ4n) is 2.38. The first-order valence-electron chi connectivity index (χ1n) is 6.74. The number of likely N-dealkylation sites (N-methyl/N-ethyl adjacent to an activating group) is 1. The summed E-state index contributed by atoms with van der Waals surface area (Å²) in [6, 6.07) is 0.401. The molecular formula is C13H26N2O2. The number of carbonyl (C=O) groups excluding carboxylic acids is 1. The molecule has 0 aromatic rings. The molecule has 1 fully saturated rings. The summed E-state index contributed by atoms with van der Waals surface area (Å²) in [7, 11) is 1.93. The molecular weight excluding hydrogens is 216 g/mol. The Bertz CT molecular complexity index is 225. The monoisotopic (exact) mass is 242 g/mol. The van der Waals surface area contributed by atoms with Crippen LogP contribution >= 0.6 is 0 Å². The fraction of sp³-hybridized carbons (Fsp3) is 0.923. The van der Waals surface area contributed by atoms with Crippen molar-refractivity contribution in [1.29, 1.82) is 0 Å². The zero-order valence-electron chi connectivity index (χ0n) is 11.1. The topological polar surface area (TPSA) is 52.6 Å². The maximum atomic E-state index is 11.7. The minimum atomic E-state index is -0.332. The van der Waals surface area contributed by atoms with Crippen molar-refractivity contribution in [1.82, 2.24) is 10.2 Å². The van der Waals surface area contributed by atoms with Crippen LogP contribution in [-0.2, 0) is 4.79 Å². The van der Waals surface area contributed by atoms with Crippen molar-refractivity contribution in [2.45, 2.75) is 57.6 Å². The first-order chi connectivity index (χ1) is 8.08. The van der Waals surface area contributed by atoms with Crippen LogP contribution in [0, 0.1) is 0 Å². The van der Waals surface area contributed by atoms with Gasteiger partial charge in [0.15, 0.2) is 0 Å². The van der Waals surface area contributed by atoms with Crippen LogP contribution in [0.2, 0.25) is 0 Å². The number of aliphatic hydroxyl groups excluding tert-OH is 1. The molecule has 1 amide bonds. The Hall–Kier alpha value is -0.610. The molecule has 1 atom stereocenters. The molecule has 1 aliphatic rings. The van der Waals surface area contributed by atoms with E-state index in [1.807, 2.05) is 11.9 Å². The highest BCUT2D eigenvalue weighted by Crippen LogP contribution is 2.17. The van der Waals surface area contributed by atoms with Crippen LogP contribution in [0.5, 0.6) is 0 Å². The highest BCUT2D eigenvalue weighted by Gasteiger charge is 2.15. The second-order valence-corrected chi connectivity index (χ2v) is 5.26. The zero-order valence-corrected chi connectivity index (χ0v) is 11.1.